The van der Waals surface area contributed by atoms with Crippen molar-refractivity contribution in [3.8, 4) is 11.5 Å². The summed E-state index contributed by atoms with van der Waals surface area (Å²) in [6, 6.07) is 4.67. The molecule has 0 aliphatic rings. The molecule has 0 amide bonds. The molecule has 0 N–H and O–H groups in total. The third-order valence-electron chi connectivity index (χ3n) is 2.11. The van der Waals surface area contributed by atoms with Crippen LogP contribution < -0.4 is 4.74 Å². The van der Waals surface area contributed by atoms with E-state index in [0.717, 1.165) is 23.0 Å². The average molecular weight is 260 g/mol. The van der Waals surface area contributed by atoms with Gasteiger partial charge in [-0.2, -0.15) is 18.3 Å². The van der Waals surface area contributed by atoms with Crippen molar-refractivity contribution in [3.05, 3.63) is 42.0 Å². The van der Waals surface area contributed by atoms with Gasteiger partial charge in [-0.3, -0.25) is 4.68 Å². The molecule has 0 saturated carbocycles. The molecule has 0 bridgehead atoms. The lowest BCUT2D eigenvalue weighted by Crippen LogP contribution is -2.08. The Kier molecular flexibility index (Phi) is 2.98. The van der Waals surface area contributed by atoms with Gasteiger partial charge in [0.1, 0.15) is 11.6 Å². The summed E-state index contributed by atoms with van der Waals surface area (Å²) in [4.78, 5) is 0. The second kappa shape index (κ2) is 4.32. The molecule has 2 aromatic rings. The Morgan fingerprint density at radius 1 is 1.17 bits per heavy atom. The number of ether oxygens (including phenoxy) is 1. The monoisotopic (exact) mass is 260 g/mol. The van der Waals surface area contributed by atoms with Crippen LogP contribution in [-0.2, 0) is 13.2 Å². The predicted molar refractivity (Wildman–Crippen MR) is 54.7 cm³/mol. The molecule has 0 aliphatic heterocycles. The third kappa shape index (κ3) is 2.61. The number of alkyl halides is 3. The number of halogens is 4. The first-order valence-corrected chi connectivity index (χ1v) is 4.90. The summed E-state index contributed by atoms with van der Waals surface area (Å²) in [5.74, 6) is -0.809. The van der Waals surface area contributed by atoms with Gasteiger partial charge in [-0.25, -0.2) is 4.39 Å². The van der Waals surface area contributed by atoms with E-state index in [1.54, 1.807) is 0 Å². The van der Waals surface area contributed by atoms with E-state index in [2.05, 4.69) is 5.10 Å². The normalized spacial score (nSPS) is 11.6. The molecule has 0 unspecified atom stereocenters. The number of aromatic nitrogens is 2. The lowest BCUT2D eigenvalue weighted by molar-refractivity contribution is -0.142. The van der Waals surface area contributed by atoms with Crippen LogP contribution in [0.15, 0.2) is 30.5 Å². The van der Waals surface area contributed by atoms with E-state index in [4.69, 9.17) is 4.74 Å². The Morgan fingerprint density at radius 3 is 2.33 bits per heavy atom. The van der Waals surface area contributed by atoms with E-state index < -0.39 is 23.4 Å². The van der Waals surface area contributed by atoms with E-state index in [1.165, 1.54) is 19.2 Å². The molecular formula is C11H8F4N2O. The van der Waals surface area contributed by atoms with Crippen LogP contribution in [0.3, 0.4) is 0 Å². The van der Waals surface area contributed by atoms with E-state index in [1.807, 2.05) is 0 Å². The minimum Gasteiger partial charge on any atom is -0.453 e. The maximum atomic E-state index is 12.6. The number of nitrogens with zero attached hydrogens (tertiary/aromatic N) is 2. The Morgan fingerprint density at radius 2 is 1.78 bits per heavy atom. The van der Waals surface area contributed by atoms with Crippen LogP contribution in [0.25, 0.3) is 0 Å². The molecule has 7 heteroatoms. The maximum Gasteiger partial charge on any atom is 0.438 e. The van der Waals surface area contributed by atoms with Crippen LogP contribution in [0.2, 0.25) is 0 Å². The Balaban J connectivity index is 2.31. The predicted octanol–water partition coefficient (Wildman–Crippen LogP) is 3.37. The minimum absolute atomic E-state index is 0.106. The average Bonchev–Trinajstić information content (AvgIpc) is 2.63. The smallest absolute Gasteiger partial charge is 0.438 e. The quantitative estimate of drug-likeness (QED) is 0.774. The van der Waals surface area contributed by atoms with E-state index in [-0.39, 0.29) is 5.75 Å². The molecule has 2 rings (SSSR count). The summed E-state index contributed by atoms with van der Waals surface area (Å²) in [6.07, 6.45) is -3.50. The largest absolute Gasteiger partial charge is 0.453 e. The van der Waals surface area contributed by atoms with Crippen LogP contribution in [0.1, 0.15) is 5.69 Å². The second-order valence-electron chi connectivity index (χ2n) is 3.57. The van der Waals surface area contributed by atoms with Crippen molar-refractivity contribution in [1.29, 1.82) is 0 Å². The second-order valence-corrected chi connectivity index (χ2v) is 3.57. The van der Waals surface area contributed by atoms with Gasteiger partial charge in [0.05, 0.1) is 6.20 Å². The van der Waals surface area contributed by atoms with Crippen LogP contribution in [0.5, 0.6) is 11.5 Å². The maximum absolute atomic E-state index is 12.6. The van der Waals surface area contributed by atoms with Gasteiger partial charge in [-0.15, -0.1) is 0 Å². The summed E-state index contributed by atoms with van der Waals surface area (Å²) in [5.41, 5.74) is -1.12. The molecule has 1 aromatic carbocycles. The summed E-state index contributed by atoms with van der Waals surface area (Å²) in [6.45, 7) is 0. The topological polar surface area (TPSA) is 27.1 Å². The standard InChI is InChI=1S/C11H8F4N2O/c1-17-6-9(10(16-17)11(13,14)15)18-8-4-2-7(12)3-5-8/h2-6H,1H3. The molecule has 0 atom stereocenters. The third-order valence-corrected chi connectivity index (χ3v) is 2.11. The molecule has 0 saturated heterocycles. The Labute approximate surface area is 99.6 Å². The molecule has 18 heavy (non-hydrogen) atoms. The van der Waals surface area contributed by atoms with Crippen molar-refractivity contribution in [3.63, 3.8) is 0 Å². The van der Waals surface area contributed by atoms with Crippen LogP contribution in [0.4, 0.5) is 17.6 Å². The van der Waals surface area contributed by atoms with Crippen molar-refractivity contribution in [2.75, 3.05) is 0 Å². The number of hydrogen-bond acceptors (Lipinski definition) is 2. The zero-order valence-electron chi connectivity index (χ0n) is 9.20. The number of benzene rings is 1. The lowest BCUT2D eigenvalue weighted by atomic mass is 10.3. The van der Waals surface area contributed by atoms with Gasteiger partial charge in [-0.1, -0.05) is 0 Å². The van der Waals surface area contributed by atoms with Crippen molar-refractivity contribution >= 4 is 0 Å². The molecule has 1 aromatic heterocycles. The highest BCUT2D eigenvalue weighted by molar-refractivity contribution is 5.34. The highest BCUT2D eigenvalue weighted by Gasteiger charge is 2.38. The van der Waals surface area contributed by atoms with Crippen LogP contribution >= 0.6 is 0 Å². The number of aryl methyl sites for hydroxylation is 1. The summed E-state index contributed by atoms with van der Waals surface area (Å²) in [7, 11) is 1.35. The summed E-state index contributed by atoms with van der Waals surface area (Å²) in [5, 5.41) is 3.29. The van der Waals surface area contributed by atoms with Gasteiger partial charge < -0.3 is 4.74 Å². The van der Waals surface area contributed by atoms with Crippen LogP contribution in [-0.4, -0.2) is 9.78 Å². The van der Waals surface area contributed by atoms with Gasteiger partial charge in [-0.05, 0) is 24.3 Å². The van der Waals surface area contributed by atoms with Gasteiger partial charge in [0.15, 0.2) is 5.75 Å². The molecule has 0 aliphatic carbocycles. The fraction of sp³-hybridized carbons (Fsp3) is 0.182. The SMILES string of the molecule is Cn1cc(Oc2ccc(F)cc2)c(C(F)(F)F)n1. The number of hydrogen-bond donors (Lipinski definition) is 0. The molecule has 0 spiro atoms. The van der Waals surface area contributed by atoms with Crippen molar-refractivity contribution in [2.24, 2.45) is 7.05 Å². The van der Waals surface area contributed by atoms with Crippen molar-refractivity contribution in [1.82, 2.24) is 9.78 Å². The fourth-order valence-corrected chi connectivity index (χ4v) is 1.37. The van der Waals surface area contributed by atoms with E-state index in [0.29, 0.717) is 0 Å². The highest BCUT2D eigenvalue weighted by atomic mass is 19.4. The fourth-order valence-electron chi connectivity index (χ4n) is 1.37. The molecule has 0 radical (unpaired) electrons. The van der Waals surface area contributed by atoms with Crippen LogP contribution in [0, 0.1) is 5.82 Å². The molecule has 1 heterocycles. The van der Waals surface area contributed by atoms with E-state index >= 15 is 0 Å². The van der Waals surface area contributed by atoms with Gasteiger partial charge in [0.25, 0.3) is 0 Å². The van der Waals surface area contributed by atoms with Gasteiger partial charge >= 0.3 is 6.18 Å². The molecule has 3 nitrogen and oxygen atoms in total. The van der Waals surface area contributed by atoms with Gasteiger partial charge in [0.2, 0.25) is 5.69 Å². The van der Waals surface area contributed by atoms with E-state index in [9.17, 15) is 17.6 Å². The molecule has 96 valence electrons. The van der Waals surface area contributed by atoms with Gasteiger partial charge in [0, 0.05) is 7.05 Å². The highest BCUT2D eigenvalue weighted by Crippen LogP contribution is 2.36. The number of rotatable bonds is 2. The van der Waals surface area contributed by atoms with Crippen molar-refractivity contribution < 1.29 is 22.3 Å². The zero-order valence-corrected chi connectivity index (χ0v) is 9.20. The molecular weight excluding hydrogens is 252 g/mol. The Hall–Kier alpha value is -2.05. The minimum atomic E-state index is -4.60. The first-order valence-electron chi connectivity index (χ1n) is 4.90. The van der Waals surface area contributed by atoms with Crippen molar-refractivity contribution in [2.45, 2.75) is 6.18 Å². The first kappa shape index (κ1) is 12.4. The Bertz CT molecular complexity index is 545. The first-order chi connectivity index (χ1) is 8.36. The summed E-state index contributed by atoms with van der Waals surface area (Å²) < 4.78 is 56.5. The zero-order chi connectivity index (χ0) is 13.3. The molecule has 0 fully saturated rings. The lowest BCUT2D eigenvalue weighted by Gasteiger charge is -2.07. The summed E-state index contributed by atoms with van der Waals surface area (Å²) >= 11 is 0.